The molecule has 0 fully saturated rings. The van der Waals surface area contributed by atoms with Gasteiger partial charge >= 0.3 is 0 Å². The van der Waals surface area contributed by atoms with Crippen molar-refractivity contribution in [2.45, 2.75) is 45.7 Å². The van der Waals surface area contributed by atoms with E-state index in [1.54, 1.807) is 7.11 Å². The Morgan fingerprint density at radius 2 is 2.14 bits per heavy atom. The van der Waals surface area contributed by atoms with Gasteiger partial charge in [0.05, 0.1) is 7.11 Å². The second-order valence-electron chi connectivity index (χ2n) is 6.32. The number of nitrogens with one attached hydrogen (secondary N) is 1. The topological polar surface area (TPSA) is 24.5 Å². The summed E-state index contributed by atoms with van der Waals surface area (Å²) in [4.78, 5) is 2.54. The van der Waals surface area contributed by atoms with E-state index in [-0.39, 0.29) is 0 Å². The molecule has 2 rings (SSSR count). The molecular formula is C18H30N2O. The Bertz CT molecular complexity index is 461. The first-order chi connectivity index (χ1) is 10.1. The van der Waals surface area contributed by atoms with Crippen molar-refractivity contribution in [1.82, 2.24) is 10.2 Å². The highest BCUT2D eigenvalue weighted by atomic mass is 16.5. The fourth-order valence-corrected chi connectivity index (χ4v) is 3.36. The van der Waals surface area contributed by atoms with Crippen molar-refractivity contribution >= 4 is 0 Å². The van der Waals surface area contributed by atoms with Gasteiger partial charge in [-0.15, -0.1) is 0 Å². The number of likely N-dealkylation sites (N-methyl/N-ethyl adjacent to an activating group) is 2. The van der Waals surface area contributed by atoms with Crippen molar-refractivity contribution in [3.63, 3.8) is 0 Å². The van der Waals surface area contributed by atoms with Crippen LogP contribution in [0.15, 0.2) is 18.2 Å². The van der Waals surface area contributed by atoms with Crippen LogP contribution in [0.2, 0.25) is 0 Å². The van der Waals surface area contributed by atoms with Crippen LogP contribution < -0.4 is 10.1 Å². The summed E-state index contributed by atoms with van der Waals surface area (Å²) in [6, 6.07) is 7.48. The Morgan fingerprint density at radius 3 is 2.76 bits per heavy atom. The van der Waals surface area contributed by atoms with Crippen molar-refractivity contribution in [2.75, 3.05) is 27.2 Å². The van der Waals surface area contributed by atoms with E-state index in [4.69, 9.17) is 4.74 Å². The van der Waals surface area contributed by atoms with Gasteiger partial charge in [0.15, 0.2) is 0 Å². The van der Waals surface area contributed by atoms with Gasteiger partial charge in [0.2, 0.25) is 0 Å². The Labute approximate surface area is 129 Å². The second-order valence-corrected chi connectivity index (χ2v) is 6.32. The minimum Gasteiger partial charge on any atom is -0.497 e. The van der Waals surface area contributed by atoms with Crippen molar-refractivity contribution in [2.24, 2.45) is 5.92 Å². The maximum atomic E-state index is 5.40. The molecule has 3 nitrogen and oxygen atoms in total. The van der Waals surface area contributed by atoms with Crippen LogP contribution in [0.5, 0.6) is 5.75 Å². The summed E-state index contributed by atoms with van der Waals surface area (Å²) in [6.45, 7) is 8.95. The standard InChI is InChI=1S/C18H30N2O/c1-6-13(3)12-20(4)17-10-14-8-9-15(21-5)11-16(14)18(17)19-7-2/h8-9,11,13,17-19H,6-7,10,12H2,1-5H3. The highest BCUT2D eigenvalue weighted by Crippen LogP contribution is 2.36. The molecule has 1 aromatic carbocycles. The number of methoxy groups -OCH3 is 1. The molecule has 0 aliphatic heterocycles. The van der Waals surface area contributed by atoms with Gasteiger partial charge in [-0.1, -0.05) is 33.3 Å². The molecule has 0 saturated carbocycles. The van der Waals surface area contributed by atoms with Crippen LogP contribution in [-0.2, 0) is 6.42 Å². The summed E-state index contributed by atoms with van der Waals surface area (Å²) >= 11 is 0. The molecule has 118 valence electrons. The molecule has 1 N–H and O–H groups in total. The molecule has 0 amide bonds. The number of hydrogen-bond acceptors (Lipinski definition) is 3. The van der Waals surface area contributed by atoms with Gasteiger partial charge in [0.25, 0.3) is 0 Å². The zero-order chi connectivity index (χ0) is 15.4. The summed E-state index contributed by atoms with van der Waals surface area (Å²) in [5.74, 6) is 1.71. The lowest BCUT2D eigenvalue weighted by Gasteiger charge is -2.32. The Balaban J connectivity index is 2.20. The molecule has 1 aliphatic rings. The maximum absolute atomic E-state index is 5.40. The SMILES string of the molecule is CCNC1c2cc(OC)ccc2CC1N(C)CC(C)CC. The van der Waals surface area contributed by atoms with E-state index in [9.17, 15) is 0 Å². The Kier molecular flexibility index (Phi) is 5.65. The molecule has 3 atom stereocenters. The third kappa shape index (κ3) is 3.58. The van der Waals surface area contributed by atoms with Crippen LogP contribution in [-0.4, -0.2) is 38.2 Å². The zero-order valence-corrected chi connectivity index (χ0v) is 14.1. The molecule has 3 heteroatoms. The molecule has 0 spiro atoms. The molecule has 3 unspecified atom stereocenters. The third-order valence-electron chi connectivity index (χ3n) is 4.79. The number of ether oxygens (including phenoxy) is 1. The summed E-state index contributed by atoms with van der Waals surface area (Å²) in [5, 5.41) is 3.68. The van der Waals surface area contributed by atoms with Crippen molar-refractivity contribution < 1.29 is 4.74 Å². The van der Waals surface area contributed by atoms with Gasteiger partial charge in [0, 0.05) is 18.6 Å². The van der Waals surface area contributed by atoms with Crippen LogP contribution in [0, 0.1) is 5.92 Å². The molecular weight excluding hydrogens is 260 g/mol. The minimum absolute atomic E-state index is 0.411. The average Bonchev–Trinajstić information content (AvgIpc) is 2.85. The van der Waals surface area contributed by atoms with Gasteiger partial charge in [-0.05, 0) is 49.2 Å². The molecule has 1 aliphatic carbocycles. The first-order valence-electron chi connectivity index (χ1n) is 8.21. The van der Waals surface area contributed by atoms with E-state index in [0.29, 0.717) is 12.1 Å². The lowest BCUT2D eigenvalue weighted by Crippen LogP contribution is -2.42. The molecule has 0 saturated heterocycles. The maximum Gasteiger partial charge on any atom is 0.119 e. The van der Waals surface area contributed by atoms with Crippen LogP contribution >= 0.6 is 0 Å². The molecule has 1 aromatic rings. The highest BCUT2D eigenvalue weighted by molar-refractivity contribution is 5.42. The third-order valence-corrected chi connectivity index (χ3v) is 4.79. The second kappa shape index (κ2) is 7.28. The average molecular weight is 290 g/mol. The Morgan fingerprint density at radius 1 is 1.38 bits per heavy atom. The van der Waals surface area contributed by atoms with Gasteiger partial charge in [-0.2, -0.15) is 0 Å². The number of hydrogen-bond donors (Lipinski definition) is 1. The fraction of sp³-hybridized carbons (Fsp3) is 0.667. The monoisotopic (exact) mass is 290 g/mol. The lowest BCUT2D eigenvalue weighted by molar-refractivity contribution is 0.180. The predicted molar refractivity (Wildman–Crippen MR) is 89.0 cm³/mol. The van der Waals surface area contributed by atoms with Gasteiger partial charge in [0.1, 0.15) is 5.75 Å². The normalized spacial score (nSPS) is 22.4. The van der Waals surface area contributed by atoms with E-state index in [1.807, 2.05) is 0 Å². The summed E-state index contributed by atoms with van der Waals surface area (Å²) < 4.78 is 5.40. The molecule has 0 heterocycles. The number of fused-ring (bicyclic) bond motifs is 1. The molecule has 0 bridgehead atoms. The highest BCUT2D eigenvalue weighted by Gasteiger charge is 2.34. The largest absolute Gasteiger partial charge is 0.497 e. The predicted octanol–water partition coefficient (Wildman–Crippen LogP) is 3.25. The van der Waals surface area contributed by atoms with E-state index >= 15 is 0 Å². The first-order valence-corrected chi connectivity index (χ1v) is 8.21. The van der Waals surface area contributed by atoms with Gasteiger partial charge in [-0.25, -0.2) is 0 Å². The van der Waals surface area contributed by atoms with Crippen molar-refractivity contribution in [3.8, 4) is 5.75 Å². The fourth-order valence-electron chi connectivity index (χ4n) is 3.36. The van der Waals surface area contributed by atoms with Gasteiger partial charge in [-0.3, -0.25) is 0 Å². The van der Waals surface area contributed by atoms with Crippen LogP contribution in [0.4, 0.5) is 0 Å². The number of nitrogens with zero attached hydrogens (tertiary/aromatic N) is 1. The van der Waals surface area contributed by atoms with Crippen molar-refractivity contribution in [1.29, 1.82) is 0 Å². The van der Waals surface area contributed by atoms with E-state index in [2.05, 4.69) is 56.2 Å². The number of benzene rings is 1. The molecule has 0 radical (unpaired) electrons. The Hall–Kier alpha value is -1.06. The minimum atomic E-state index is 0.411. The van der Waals surface area contributed by atoms with Gasteiger partial charge < -0.3 is 15.0 Å². The van der Waals surface area contributed by atoms with Crippen LogP contribution in [0.3, 0.4) is 0 Å². The lowest BCUT2D eigenvalue weighted by atomic mass is 10.0. The quantitative estimate of drug-likeness (QED) is 0.834. The van der Waals surface area contributed by atoms with Crippen LogP contribution in [0.25, 0.3) is 0 Å². The summed E-state index contributed by atoms with van der Waals surface area (Å²) in [7, 11) is 4.01. The number of rotatable bonds is 7. The van der Waals surface area contributed by atoms with Crippen LogP contribution in [0.1, 0.15) is 44.4 Å². The zero-order valence-electron chi connectivity index (χ0n) is 14.1. The summed E-state index contributed by atoms with van der Waals surface area (Å²) in [5.41, 5.74) is 2.87. The molecule has 21 heavy (non-hydrogen) atoms. The van der Waals surface area contributed by atoms with Crippen molar-refractivity contribution in [3.05, 3.63) is 29.3 Å². The van der Waals surface area contributed by atoms with E-state index < -0.39 is 0 Å². The summed E-state index contributed by atoms with van der Waals surface area (Å²) in [6.07, 6.45) is 2.37. The first kappa shape index (κ1) is 16.3. The van der Waals surface area contributed by atoms with E-state index in [1.165, 1.54) is 17.5 Å². The smallest absolute Gasteiger partial charge is 0.119 e. The van der Waals surface area contributed by atoms with E-state index in [0.717, 1.165) is 31.2 Å². The molecule has 0 aromatic heterocycles.